The highest BCUT2D eigenvalue weighted by atomic mass is 16.6. The minimum absolute atomic E-state index is 0.331. The first kappa shape index (κ1) is 20.8. The molecule has 1 atom stereocenters. The van der Waals surface area contributed by atoms with Crippen molar-refractivity contribution in [2.75, 3.05) is 20.8 Å². The van der Waals surface area contributed by atoms with E-state index in [0.29, 0.717) is 23.6 Å². The van der Waals surface area contributed by atoms with Gasteiger partial charge in [-0.05, 0) is 37.3 Å². The van der Waals surface area contributed by atoms with E-state index in [1.165, 1.54) is 11.8 Å². The lowest BCUT2D eigenvalue weighted by Crippen LogP contribution is -2.34. The number of methoxy groups -OCH3 is 1. The van der Waals surface area contributed by atoms with Gasteiger partial charge >= 0.3 is 5.97 Å². The van der Waals surface area contributed by atoms with Crippen LogP contribution in [0.1, 0.15) is 18.1 Å². The van der Waals surface area contributed by atoms with Gasteiger partial charge in [-0.15, -0.1) is 0 Å². The zero-order valence-electron chi connectivity index (χ0n) is 16.0. The summed E-state index contributed by atoms with van der Waals surface area (Å²) in [5, 5.41) is 8.78. The Balaban J connectivity index is 1.83. The molecule has 0 bridgehead atoms. The minimum atomic E-state index is -0.889. The van der Waals surface area contributed by atoms with Gasteiger partial charge in [0.1, 0.15) is 11.5 Å². The summed E-state index contributed by atoms with van der Waals surface area (Å²) in [4.78, 5) is 25.8. The van der Waals surface area contributed by atoms with Crippen LogP contribution in [0.25, 0.3) is 0 Å². The summed E-state index contributed by atoms with van der Waals surface area (Å²) in [6.45, 7) is 1.48. The molecule has 0 saturated heterocycles. The highest BCUT2D eigenvalue weighted by Gasteiger charge is 2.19. The molecule has 2 aromatic rings. The fraction of sp³-hybridized carbons (Fsp3) is 0.286. The molecule has 7 heteroatoms. The maximum absolute atomic E-state index is 12.2. The van der Waals surface area contributed by atoms with Crippen molar-refractivity contribution in [2.45, 2.75) is 19.6 Å². The largest absolute Gasteiger partial charge is 0.496 e. The molecule has 2 rings (SSSR count). The molecule has 2 aromatic carbocycles. The number of para-hydroxylation sites is 1. The molecule has 0 heterocycles. The Labute approximate surface area is 164 Å². The minimum Gasteiger partial charge on any atom is -0.496 e. The van der Waals surface area contributed by atoms with E-state index < -0.39 is 12.1 Å². The SMILES string of the molecule is COc1ccccc1CN(C)C(=O)COC(=O)[C@@H](C)Oc1ccc(C#N)cc1. The van der Waals surface area contributed by atoms with Gasteiger partial charge in [0.25, 0.3) is 5.91 Å². The molecular formula is C21H22N2O5. The molecule has 0 spiro atoms. The van der Waals surface area contributed by atoms with E-state index in [-0.39, 0.29) is 12.5 Å². The number of rotatable bonds is 8. The van der Waals surface area contributed by atoms with E-state index in [0.717, 1.165) is 5.56 Å². The van der Waals surface area contributed by atoms with E-state index in [9.17, 15) is 9.59 Å². The highest BCUT2D eigenvalue weighted by molar-refractivity contribution is 5.82. The average molecular weight is 382 g/mol. The van der Waals surface area contributed by atoms with Gasteiger partial charge in [0.15, 0.2) is 12.7 Å². The monoisotopic (exact) mass is 382 g/mol. The second kappa shape index (κ2) is 9.97. The molecule has 0 fully saturated rings. The highest BCUT2D eigenvalue weighted by Crippen LogP contribution is 2.19. The molecule has 1 amide bonds. The molecule has 0 saturated carbocycles. The number of esters is 1. The Kier molecular flexibility index (Phi) is 7.40. The van der Waals surface area contributed by atoms with Crippen molar-refractivity contribution >= 4 is 11.9 Å². The molecule has 0 N–H and O–H groups in total. The summed E-state index contributed by atoms with van der Waals surface area (Å²) in [5.74, 6) is 0.125. The Morgan fingerprint density at radius 2 is 1.82 bits per heavy atom. The van der Waals surface area contributed by atoms with Crippen molar-refractivity contribution in [2.24, 2.45) is 0 Å². The molecule has 0 aliphatic rings. The number of benzene rings is 2. The number of amides is 1. The summed E-state index contributed by atoms with van der Waals surface area (Å²) < 4.78 is 15.8. The van der Waals surface area contributed by atoms with Crippen LogP contribution >= 0.6 is 0 Å². The Morgan fingerprint density at radius 3 is 2.46 bits per heavy atom. The number of ether oxygens (including phenoxy) is 3. The second-order valence-corrected chi connectivity index (χ2v) is 6.07. The first-order valence-corrected chi connectivity index (χ1v) is 8.64. The van der Waals surface area contributed by atoms with Gasteiger partial charge in [0.2, 0.25) is 0 Å². The van der Waals surface area contributed by atoms with Crippen LogP contribution in [0.2, 0.25) is 0 Å². The number of carbonyl (C=O) groups excluding carboxylic acids is 2. The van der Waals surface area contributed by atoms with Gasteiger partial charge in [0.05, 0.1) is 18.7 Å². The van der Waals surface area contributed by atoms with E-state index in [2.05, 4.69) is 0 Å². The third-order valence-electron chi connectivity index (χ3n) is 3.99. The van der Waals surface area contributed by atoms with E-state index in [1.807, 2.05) is 30.3 Å². The summed E-state index contributed by atoms with van der Waals surface area (Å²) in [6, 6.07) is 15.7. The van der Waals surface area contributed by atoms with Gasteiger partial charge < -0.3 is 19.1 Å². The van der Waals surface area contributed by atoms with Crippen LogP contribution < -0.4 is 9.47 Å². The molecule has 0 aromatic heterocycles. The quantitative estimate of drug-likeness (QED) is 0.652. The third-order valence-corrected chi connectivity index (χ3v) is 3.99. The Hall–Kier alpha value is -3.53. The smallest absolute Gasteiger partial charge is 0.347 e. The Bertz CT molecular complexity index is 858. The van der Waals surface area contributed by atoms with Crippen LogP contribution in [0.15, 0.2) is 48.5 Å². The third kappa shape index (κ3) is 5.74. The van der Waals surface area contributed by atoms with Crippen LogP contribution in [0.5, 0.6) is 11.5 Å². The number of hydrogen-bond acceptors (Lipinski definition) is 6. The van der Waals surface area contributed by atoms with Crippen molar-refractivity contribution in [3.8, 4) is 17.6 Å². The number of nitrogens with zero attached hydrogens (tertiary/aromatic N) is 2. The van der Waals surface area contributed by atoms with Crippen LogP contribution in [-0.2, 0) is 20.9 Å². The van der Waals surface area contributed by atoms with Crippen molar-refractivity contribution in [1.82, 2.24) is 4.90 Å². The number of carbonyl (C=O) groups is 2. The first-order chi connectivity index (χ1) is 13.4. The molecule has 0 aliphatic heterocycles. The fourth-order valence-corrected chi connectivity index (χ4v) is 2.40. The van der Waals surface area contributed by atoms with Crippen molar-refractivity contribution < 1.29 is 23.8 Å². The van der Waals surface area contributed by atoms with Crippen molar-refractivity contribution in [3.63, 3.8) is 0 Å². The first-order valence-electron chi connectivity index (χ1n) is 8.64. The molecule has 28 heavy (non-hydrogen) atoms. The lowest BCUT2D eigenvalue weighted by Gasteiger charge is -2.19. The maximum atomic E-state index is 12.2. The van der Waals surface area contributed by atoms with Gasteiger partial charge in [-0.25, -0.2) is 4.79 Å². The fourth-order valence-electron chi connectivity index (χ4n) is 2.40. The number of hydrogen-bond donors (Lipinski definition) is 0. The topological polar surface area (TPSA) is 88.9 Å². The maximum Gasteiger partial charge on any atom is 0.347 e. The number of likely N-dealkylation sites (N-methyl/N-ethyl adjacent to an activating group) is 1. The normalized spacial score (nSPS) is 11.1. The number of nitriles is 1. The lowest BCUT2D eigenvalue weighted by atomic mass is 10.2. The van der Waals surface area contributed by atoms with Gasteiger partial charge in [-0.3, -0.25) is 4.79 Å². The van der Waals surface area contributed by atoms with Gasteiger partial charge in [-0.1, -0.05) is 18.2 Å². The van der Waals surface area contributed by atoms with Crippen LogP contribution in [-0.4, -0.2) is 43.6 Å². The molecule has 0 aliphatic carbocycles. The average Bonchev–Trinajstić information content (AvgIpc) is 2.72. The molecule has 0 radical (unpaired) electrons. The standard InChI is InChI=1S/C21H22N2O5/c1-15(28-18-10-8-16(12-22)9-11-18)21(25)27-14-20(24)23(2)13-17-6-4-5-7-19(17)26-3/h4-11,15H,13-14H2,1-3H3/t15-/m1/s1. The predicted octanol–water partition coefficient (Wildman–Crippen LogP) is 2.54. The molecule has 0 unspecified atom stereocenters. The van der Waals surface area contributed by atoms with Crippen molar-refractivity contribution in [1.29, 1.82) is 5.26 Å². The zero-order chi connectivity index (χ0) is 20.5. The summed E-state index contributed by atoms with van der Waals surface area (Å²) in [6.07, 6.45) is -0.889. The van der Waals surface area contributed by atoms with Crippen LogP contribution in [0.3, 0.4) is 0 Å². The summed E-state index contributed by atoms with van der Waals surface area (Å²) >= 11 is 0. The van der Waals surface area contributed by atoms with Crippen LogP contribution in [0, 0.1) is 11.3 Å². The van der Waals surface area contributed by atoms with E-state index in [4.69, 9.17) is 19.5 Å². The van der Waals surface area contributed by atoms with Gasteiger partial charge in [-0.2, -0.15) is 5.26 Å². The summed E-state index contributed by atoms with van der Waals surface area (Å²) in [5.41, 5.74) is 1.34. The van der Waals surface area contributed by atoms with Crippen molar-refractivity contribution in [3.05, 3.63) is 59.7 Å². The van der Waals surface area contributed by atoms with Gasteiger partial charge in [0, 0.05) is 19.2 Å². The Morgan fingerprint density at radius 1 is 1.14 bits per heavy atom. The molecular weight excluding hydrogens is 360 g/mol. The molecule has 7 nitrogen and oxygen atoms in total. The van der Waals surface area contributed by atoms with Crippen LogP contribution in [0.4, 0.5) is 0 Å². The lowest BCUT2D eigenvalue weighted by molar-refractivity contribution is -0.157. The molecule has 146 valence electrons. The predicted molar refractivity (Wildman–Crippen MR) is 102 cm³/mol. The zero-order valence-corrected chi connectivity index (χ0v) is 16.0. The summed E-state index contributed by atoms with van der Waals surface area (Å²) in [7, 11) is 3.19. The second-order valence-electron chi connectivity index (χ2n) is 6.07. The van der Waals surface area contributed by atoms with E-state index >= 15 is 0 Å². The van der Waals surface area contributed by atoms with E-state index in [1.54, 1.807) is 38.4 Å².